The highest BCUT2D eigenvalue weighted by Gasteiger charge is 2.41. The molecule has 0 aliphatic carbocycles. The number of hydrogen-bond donors (Lipinski definition) is 1. The molecular formula is C22H24F3N5O2. The molecule has 0 spiro atoms. The second kappa shape index (κ2) is 9.85. The van der Waals surface area contributed by atoms with Crippen molar-refractivity contribution in [1.82, 2.24) is 14.8 Å². The summed E-state index contributed by atoms with van der Waals surface area (Å²) in [5.41, 5.74) is 0.557. The van der Waals surface area contributed by atoms with Crippen LogP contribution in [0.3, 0.4) is 0 Å². The predicted octanol–water partition coefficient (Wildman–Crippen LogP) is 4.58. The van der Waals surface area contributed by atoms with E-state index in [4.69, 9.17) is 4.74 Å². The molecule has 2 heterocycles. The number of para-hydroxylation sites is 1. The standard InChI is InChI=1S/C22H24F3N5O2/c1-14(2)15-8-5-6-9-17(15)27-19(31)13-32-20(22(23,24)25)16(12-26)21-29-28-18-10-4-3-7-11-30(18)21/h5-6,8-9,14H,3-4,7,10-11,13H2,1-2H3,(H,27,31). The molecule has 2 aromatic rings. The minimum Gasteiger partial charge on any atom is -0.478 e. The summed E-state index contributed by atoms with van der Waals surface area (Å²) in [6.07, 6.45) is -1.90. The van der Waals surface area contributed by atoms with Crippen LogP contribution in [0.4, 0.5) is 18.9 Å². The van der Waals surface area contributed by atoms with Gasteiger partial charge < -0.3 is 14.6 Å². The summed E-state index contributed by atoms with van der Waals surface area (Å²) >= 11 is 0. The van der Waals surface area contributed by atoms with Crippen molar-refractivity contribution in [3.8, 4) is 6.07 Å². The fraction of sp³-hybridized carbons (Fsp3) is 0.455. The molecule has 0 atom stereocenters. The van der Waals surface area contributed by atoms with E-state index >= 15 is 0 Å². The summed E-state index contributed by atoms with van der Waals surface area (Å²) in [5, 5.41) is 19.9. The van der Waals surface area contributed by atoms with Crippen LogP contribution in [-0.4, -0.2) is 33.5 Å². The Hall–Kier alpha value is -3.35. The summed E-state index contributed by atoms with van der Waals surface area (Å²) < 4.78 is 47.8. The first-order chi connectivity index (χ1) is 15.2. The molecule has 1 N–H and O–H groups in total. The largest absolute Gasteiger partial charge is 0.478 e. The number of aryl methyl sites for hydroxylation is 1. The SMILES string of the molecule is CC(C)c1ccccc1NC(=O)COC(=C(C#N)c1nnc2n1CCCCC2)C(F)(F)F. The van der Waals surface area contributed by atoms with Crippen LogP contribution >= 0.6 is 0 Å². The molecule has 3 rings (SSSR count). The smallest absolute Gasteiger partial charge is 0.450 e. The van der Waals surface area contributed by atoms with Gasteiger partial charge >= 0.3 is 6.18 Å². The summed E-state index contributed by atoms with van der Waals surface area (Å²) in [4.78, 5) is 12.4. The Balaban J connectivity index is 1.86. The molecule has 10 heteroatoms. The maximum Gasteiger partial charge on any atom is 0.450 e. The van der Waals surface area contributed by atoms with Crippen LogP contribution in [-0.2, 0) is 22.5 Å². The first-order valence-electron chi connectivity index (χ1n) is 10.4. The number of nitrogens with zero attached hydrogens (tertiary/aromatic N) is 4. The van der Waals surface area contributed by atoms with Gasteiger partial charge in [0.2, 0.25) is 5.76 Å². The number of rotatable bonds is 6. The fourth-order valence-electron chi connectivity index (χ4n) is 3.61. The maximum absolute atomic E-state index is 13.8. The Kier molecular flexibility index (Phi) is 7.18. The molecular weight excluding hydrogens is 423 g/mol. The van der Waals surface area contributed by atoms with Gasteiger partial charge in [-0.2, -0.15) is 18.4 Å². The van der Waals surface area contributed by atoms with Crippen LogP contribution in [0.1, 0.15) is 56.2 Å². The number of nitriles is 1. The Morgan fingerprint density at radius 2 is 2.00 bits per heavy atom. The first-order valence-corrected chi connectivity index (χ1v) is 10.4. The second-order valence-electron chi connectivity index (χ2n) is 7.79. The number of aromatic nitrogens is 3. The molecule has 170 valence electrons. The minimum atomic E-state index is -4.99. The molecule has 1 amide bonds. The van der Waals surface area contributed by atoms with Crippen LogP contribution in [0.2, 0.25) is 0 Å². The van der Waals surface area contributed by atoms with Crippen molar-refractivity contribution in [3.63, 3.8) is 0 Å². The molecule has 0 fully saturated rings. The summed E-state index contributed by atoms with van der Waals surface area (Å²) in [7, 11) is 0. The fourth-order valence-corrected chi connectivity index (χ4v) is 3.61. The average Bonchev–Trinajstić information content (AvgIpc) is 2.97. The highest BCUT2D eigenvalue weighted by Crippen LogP contribution is 2.33. The van der Waals surface area contributed by atoms with Crippen molar-refractivity contribution >= 4 is 17.2 Å². The topological polar surface area (TPSA) is 92.8 Å². The van der Waals surface area contributed by atoms with Gasteiger partial charge in [0.25, 0.3) is 5.91 Å². The van der Waals surface area contributed by atoms with Crippen molar-refractivity contribution in [2.75, 3.05) is 11.9 Å². The van der Waals surface area contributed by atoms with E-state index in [0.29, 0.717) is 24.5 Å². The van der Waals surface area contributed by atoms with Crippen LogP contribution in [0.15, 0.2) is 30.0 Å². The Bertz CT molecular complexity index is 1050. The molecule has 0 unspecified atom stereocenters. The number of alkyl halides is 3. The van der Waals surface area contributed by atoms with Gasteiger partial charge in [-0.3, -0.25) is 4.79 Å². The number of carbonyl (C=O) groups is 1. The van der Waals surface area contributed by atoms with Crippen LogP contribution in [0, 0.1) is 11.3 Å². The molecule has 0 radical (unpaired) electrons. The van der Waals surface area contributed by atoms with Crippen molar-refractivity contribution in [3.05, 3.63) is 47.2 Å². The lowest BCUT2D eigenvalue weighted by Gasteiger charge is -2.17. The zero-order chi connectivity index (χ0) is 23.3. The Morgan fingerprint density at radius 3 is 2.69 bits per heavy atom. The van der Waals surface area contributed by atoms with Gasteiger partial charge in [-0.15, -0.1) is 10.2 Å². The quantitative estimate of drug-likeness (QED) is 0.517. The normalized spacial score (nSPS) is 14.8. The Labute approximate surface area is 183 Å². The zero-order valence-electron chi connectivity index (χ0n) is 17.9. The third-order valence-electron chi connectivity index (χ3n) is 5.13. The number of ether oxygens (including phenoxy) is 1. The van der Waals surface area contributed by atoms with Gasteiger partial charge in [0.05, 0.1) is 0 Å². The number of nitrogens with one attached hydrogen (secondary N) is 1. The van der Waals surface area contributed by atoms with Crippen molar-refractivity contribution < 1.29 is 22.7 Å². The molecule has 1 aliphatic heterocycles. The lowest BCUT2D eigenvalue weighted by atomic mass is 10.0. The van der Waals surface area contributed by atoms with E-state index in [0.717, 1.165) is 24.8 Å². The lowest BCUT2D eigenvalue weighted by Crippen LogP contribution is -2.24. The Morgan fingerprint density at radius 1 is 1.25 bits per heavy atom. The highest BCUT2D eigenvalue weighted by molar-refractivity contribution is 5.92. The van der Waals surface area contributed by atoms with E-state index in [1.165, 1.54) is 4.57 Å². The molecule has 1 aromatic carbocycles. The van der Waals surface area contributed by atoms with Crippen LogP contribution in [0.25, 0.3) is 5.57 Å². The van der Waals surface area contributed by atoms with Gasteiger partial charge in [0, 0.05) is 18.7 Å². The third kappa shape index (κ3) is 5.28. The number of amides is 1. The van der Waals surface area contributed by atoms with E-state index in [1.54, 1.807) is 18.2 Å². The summed E-state index contributed by atoms with van der Waals surface area (Å²) in [5.74, 6) is -1.87. The molecule has 1 aliphatic rings. The van der Waals surface area contributed by atoms with E-state index in [-0.39, 0.29) is 11.7 Å². The number of benzene rings is 1. The van der Waals surface area contributed by atoms with E-state index < -0.39 is 30.0 Å². The molecule has 0 saturated heterocycles. The van der Waals surface area contributed by atoms with Gasteiger partial charge in [-0.05, 0) is 30.4 Å². The lowest BCUT2D eigenvalue weighted by molar-refractivity contribution is -0.137. The monoisotopic (exact) mass is 447 g/mol. The molecule has 0 bridgehead atoms. The summed E-state index contributed by atoms with van der Waals surface area (Å²) in [6, 6.07) is 8.58. The second-order valence-corrected chi connectivity index (χ2v) is 7.79. The number of anilines is 1. The number of carbonyl (C=O) groups excluding carboxylic acids is 1. The van der Waals surface area contributed by atoms with E-state index in [1.807, 2.05) is 26.0 Å². The number of fused-ring (bicyclic) bond motifs is 1. The highest BCUT2D eigenvalue weighted by atomic mass is 19.4. The number of halogens is 3. The van der Waals surface area contributed by atoms with Crippen molar-refractivity contribution in [2.24, 2.45) is 0 Å². The molecule has 0 saturated carbocycles. The molecule has 32 heavy (non-hydrogen) atoms. The number of hydrogen-bond acceptors (Lipinski definition) is 5. The summed E-state index contributed by atoms with van der Waals surface area (Å²) in [6.45, 7) is 3.38. The maximum atomic E-state index is 13.8. The van der Waals surface area contributed by atoms with Crippen LogP contribution in [0.5, 0.6) is 0 Å². The van der Waals surface area contributed by atoms with E-state index in [9.17, 15) is 23.2 Å². The average molecular weight is 447 g/mol. The first kappa shape index (κ1) is 23.3. The third-order valence-corrected chi connectivity index (χ3v) is 5.13. The van der Waals surface area contributed by atoms with Gasteiger partial charge in [-0.1, -0.05) is 38.5 Å². The van der Waals surface area contributed by atoms with Crippen LogP contribution < -0.4 is 5.32 Å². The molecule has 7 nitrogen and oxygen atoms in total. The molecule has 1 aromatic heterocycles. The van der Waals surface area contributed by atoms with Gasteiger partial charge in [0.15, 0.2) is 12.4 Å². The zero-order valence-corrected chi connectivity index (χ0v) is 17.9. The number of allylic oxidation sites excluding steroid dienone is 2. The van der Waals surface area contributed by atoms with Crippen molar-refractivity contribution in [1.29, 1.82) is 5.26 Å². The van der Waals surface area contributed by atoms with Gasteiger partial charge in [0.1, 0.15) is 17.5 Å². The van der Waals surface area contributed by atoms with Crippen molar-refractivity contribution in [2.45, 2.75) is 58.2 Å². The predicted molar refractivity (Wildman–Crippen MR) is 111 cm³/mol. The minimum absolute atomic E-state index is 0.103. The van der Waals surface area contributed by atoms with E-state index in [2.05, 4.69) is 15.5 Å². The van der Waals surface area contributed by atoms with Gasteiger partial charge in [-0.25, -0.2) is 0 Å².